The van der Waals surface area contributed by atoms with Crippen LogP contribution < -0.4 is 4.90 Å². The molecule has 2 aliphatic rings. The van der Waals surface area contributed by atoms with Gasteiger partial charge < -0.3 is 14.5 Å². The molecule has 0 aliphatic carbocycles. The van der Waals surface area contributed by atoms with Crippen molar-refractivity contribution < 1.29 is 18.7 Å². The number of hydrogen-bond donors (Lipinski definition) is 0. The second-order valence-corrected chi connectivity index (χ2v) is 6.62. The van der Waals surface area contributed by atoms with Crippen LogP contribution in [0, 0.1) is 18.7 Å². The van der Waals surface area contributed by atoms with Gasteiger partial charge in [-0.1, -0.05) is 6.07 Å². The molecule has 2 aliphatic heterocycles. The van der Waals surface area contributed by atoms with Crippen molar-refractivity contribution in [2.75, 3.05) is 31.6 Å². The van der Waals surface area contributed by atoms with Gasteiger partial charge in [0.2, 0.25) is 11.8 Å². The van der Waals surface area contributed by atoms with E-state index in [1.165, 1.54) is 11.0 Å². The summed E-state index contributed by atoms with van der Waals surface area (Å²) in [7, 11) is 1.69. The molecule has 6 heteroatoms. The molecule has 24 heavy (non-hydrogen) atoms. The van der Waals surface area contributed by atoms with E-state index >= 15 is 0 Å². The van der Waals surface area contributed by atoms with Crippen LogP contribution in [0.25, 0.3) is 0 Å². The van der Waals surface area contributed by atoms with Gasteiger partial charge in [0.15, 0.2) is 0 Å². The number of methoxy groups -OCH3 is 1. The zero-order valence-electron chi connectivity index (χ0n) is 14.1. The molecule has 0 spiro atoms. The molecular weight excluding hydrogens is 311 g/mol. The molecule has 0 bridgehead atoms. The van der Waals surface area contributed by atoms with Crippen molar-refractivity contribution in [3.8, 4) is 0 Å². The normalized spacial score (nSPS) is 22.3. The molecule has 5 nitrogen and oxygen atoms in total. The van der Waals surface area contributed by atoms with E-state index in [0.717, 1.165) is 18.4 Å². The van der Waals surface area contributed by atoms with Gasteiger partial charge in [-0.15, -0.1) is 0 Å². The molecule has 0 saturated carbocycles. The minimum absolute atomic E-state index is 0.00655. The number of piperidine rings is 1. The largest absolute Gasteiger partial charge is 0.381 e. The van der Waals surface area contributed by atoms with E-state index in [1.54, 1.807) is 26.2 Å². The highest BCUT2D eigenvalue weighted by molar-refractivity contribution is 6.00. The Morgan fingerprint density at radius 1 is 1.29 bits per heavy atom. The first-order valence-corrected chi connectivity index (χ1v) is 8.37. The van der Waals surface area contributed by atoms with Crippen molar-refractivity contribution in [3.63, 3.8) is 0 Å². The van der Waals surface area contributed by atoms with Gasteiger partial charge in [0, 0.05) is 33.2 Å². The topological polar surface area (TPSA) is 49.9 Å². The molecule has 1 aromatic carbocycles. The van der Waals surface area contributed by atoms with Crippen molar-refractivity contribution in [1.82, 2.24) is 4.90 Å². The number of aryl methyl sites for hydroxylation is 1. The zero-order chi connectivity index (χ0) is 17.3. The van der Waals surface area contributed by atoms with E-state index < -0.39 is 11.7 Å². The summed E-state index contributed by atoms with van der Waals surface area (Å²) >= 11 is 0. The zero-order valence-corrected chi connectivity index (χ0v) is 14.1. The molecule has 130 valence electrons. The highest BCUT2D eigenvalue weighted by Crippen LogP contribution is 2.29. The number of amides is 2. The minimum Gasteiger partial charge on any atom is -0.381 e. The van der Waals surface area contributed by atoms with Crippen molar-refractivity contribution >= 4 is 17.5 Å². The highest BCUT2D eigenvalue weighted by Gasteiger charge is 2.38. The first kappa shape index (κ1) is 16.9. The average Bonchev–Trinajstić information content (AvgIpc) is 2.96. The number of carbonyl (C=O) groups excluding carboxylic acids is 2. The fourth-order valence-corrected chi connectivity index (χ4v) is 3.51. The van der Waals surface area contributed by atoms with Gasteiger partial charge in [0.05, 0.1) is 17.7 Å². The molecule has 0 unspecified atom stereocenters. The van der Waals surface area contributed by atoms with Crippen molar-refractivity contribution in [2.24, 2.45) is 5.92 Å². The van der Waals surface area contributed by atoms with Crippen molar-refractivity contribution in [1.29, 1.82) is 0 Å². The van der Waals surface area contributed by atoms with E-state index in [2.05, 4.69) is 0 Å². The van der Waals surface area contributed by atoms with Gasteiger partial charge in [-0.05, 0) is 37.5 Å². The van der Waals surface area contributed by atoms with E-state index in [0.29, 0.717) is 13.1 Å². The Bertz CT molecular complexity index is 641. The van der Waals surface area contributed by atoms with Crippen molar-refractivity contribution in [3.05, 3.63) is 29.6 Å². The Kier molecular flexibility index (Phi) is 4.85. The van der Waals surface area contributed by atoms with Crippen LogP contribution in [0.1, 0.15) is 24.8 Å². The molecule has 0 radical (unpaired) electrons. The second-order valence-electron chi connectivity index (χ2n) is 6.62. The van der Waals surface area contributed by atoms with Gasteiger partial charge >= 0.3 is 0 Å². The van der Waals surface area contributed by atoms with Crippen LogP contribution in [0.15, 0.2) is 18.2 Å². The minimum atomic E-state index is -0.419. The third-order valence-electron chi connectivity index (χ3n) is 4.96. The standard InChI is InChI=1S/C18H23FN2O3/c1-12-3-4-16(15(19)9-12)21-11-13(10-17(21)22)18(23)20-7-5-14(24-2)6-8-20/h3-4,9,13-14H,5-8,10-11H2,1-2H3/t13-/m0/s1. The predicted molar refractivity (Wildman–Crippen MR) is 88.2 cm³/mol. The molecule has 0 N–H and O–H groups in total. The van der Waals surface area contributed by atoms with Crippen LogP contribution >= 0.6 is 0 Å². The lowest BCUT2D eigenvalue weighted by Crippen LogP contribution is -2.44. The molecule has 2 heterocycles. The van der Waals surface area contributed by atoms with Gasteiger partial charge in [-0.3, -0.25) is 9.59 Å². The summed E-state index contributed by atoms with van der Waals surface area (Å²) in [6, 6.07) is 4.79. The lowest BCUT2D eigenvalue weighted by atomic mass is 10.0. The Hall–Kier alpha value is -1.95. The van der Waals surface area contributed by atoms with Crippen LogP contribution in [0.4, 0.5) is 10.1 Å². The average molecular weight is 334 g/mol. The summed E-state index contributed by atoms with van der Waals surface area (Å²) in [5.74, 6) is -1.01. The first-order chi connectivity index (χ1) is 11.5. The third kappa shape index (κ3) is 3.29. The van der Waals surface area contributed by atoms with Crippen LogP contribution in [0.2, 0.25) is 0 Å². The molecule has 2 amide bonds. The fourth-order valence-electron chi connectivity index (χ4n) is 3.51. The maximum Gasteiger partial charge on any atom is 0.228 e. The van der Waals surface area contributed by atoms with Crippen LogP contribution in [0.5, 0.6) is 0 Å². The summed E-state index contributed by atoms with van der Waals surface area (Å²) in [6.45, 7) is 3.36. The molecule has 0 aromatic heterocycles. The van der Waals surface area contributed by atoms with Crippen molar-refractivity contribution in [2.45, 2.75) is 32.3 Å². The number of anilines is 1. The number of halogens is 1. The number of benzene rings is 1. The van der Waals surface area contributed by atoms with E-state index in [1.807, 2.05) is 4.90 Å². The Labute approximate surface area is 141 Å². The fraction of sp³-hybridized carbons (Fsp3) is 0.556. The van der Waals surface area contributed by atoms with Crippen LogP contribution in [-0.2, 0) is 14.3 Å². The highest BCUT2D eigenvalue weighted by atomic mass is 19.1. The lowest BCUT2D eigenvalue weighted by Gasteiger charge is -2.32. The quantitative estimate of drug-likeness (QED) is 0.851. The molecule has 2 saturated heterocycles. The van der Waals surface area contributed by atoms with Gasteiger partial charge in [0.1, 0.15) is 5.82 Å². The summed E-state index contributed by atoms with van der Waals surface area (Å²) < 4.78 is 19.5. The first-order valence-electron chi connectivity index (χ1n) is 8.37. The molecule has 3 rings (SSSR count). The monoisotopic (exact) mass is 334 g/mol. The number of nitrogens with zero attached hydrogens (tertiary/aromatic N) is 2. The number of ether oxygens (including phenoxy) is 1. The van der Waals surface area contributed by atoms with E-state index in [-0.39, 0.29) is 36.6 Å². The van der Waals surface area contributed by atoms with Gasteiger partial charge in [0.25, 0.3) is 0 Å². The predicted octanol–water partition coefficient (Wildman–Crippen LogP) is 2.12. The number of likely N-dealkylation sites (tertiary alicyclic amines) is 1. The summed E-state index contributed by atoms with van der Waals surface area (Å²) in [5, 5.41) is 0. The Balaban J connectivity index is 1.67. The molecular formula is C18H23FN2O3. The van der Waals surface area contributed by atoms with Crippen LogP contribution in [0.3, 0.4) is 0 Å². The van der Waals surface area contributed by atoms with E-state index in [9.17, 15) is 14.0 Å². The molecule has 1 aromatic rings. The third-order valence-corrected chi connectivity index (χ3v) is 4.96. The lowest BCUT2D eigenvalue weighted by molar-refractivity contribution is -0.138. The van der Waals surface area contributed by atoms with Gasteiger partial charge in [-0.2, -0.15) is 0 Å². The second kappa shape index (κ2) is 6.89. The number of hydrogen-bond acceptors (Lipinski definition) is 3. The molecule has 2 fully saturated rings. The maximum absolute atomic E-state index is 14.1. The maximum atomic E-state index is 14.1. The Morgan fingerprint density at radius 3 is 2.62 bits per heavy atom. The SMILES string of the molecule is COC1CCN(C(=O)[C@H]2CC(=O)N(c3ccc(C)cc3F)C2)CC1. The smallest absolute Gasteiger partial charge is 0.228 e. The number of carbonyl (C=O) groups is 2. The Morgan fingerprint density at radius 2 is 2.00 bits per heavy atom. The number of rotatable bonds is 3. The molecule has 1 atom stereocenters. The van der Waals surface area contributed by atoms with Gasteiger partial charge in [-0.25, -0.2) is 4.39 Å². The van der Waals surface area contributed by atoms with E-state index in [4.69, 9.17) is 4.74 Å². The summed E-state index contributed by atoms with van der Waals surface area (Å²) in [4.78, 5) is 28.2. The summed E-state index contributed by atoms with van der Waals surface area (Å²) in [5.41, 5.74) is 1.07. The summed E-state index contributed by atoms with van der Waals surface area (Å²) in [6.07, 6.45) is 1.99. The van der Waals surface area contributed by atoms with Crippen LogP contribution in [-0.4, -0.2) is 49.6 Å².